The Balaban J connectivity index is 0.00000363. The summed E-state index contributed by atoms with van der Waals surface area (Å²) >= 11 is 0. The third-order valence-electron chi connectivity index (χ3n) is 5.39. The van der Waals surface area contributed by atoms with Gasteiger partial charge in [-0.05, 0) is 5.53 Å². The fraction of sp³-hybridized carbons (Fsp3) is 0.812. The number of carboxylic acid groups (broad SMARTS) is 1. The maximum absolute atomic E-state index is 12.1. The van der Waals surface area contributed by atoms with E-state index in [1.165, 1.54) is 4.90 Å². The number of azide groups is 1. The van der Waals surface area contributed by atoms with Gasteiger partial charge >= 0.3 is 35.6 Å². The number of aliphatic hydroxyl groups excluding tert-OH is 3. The molecule has 3 rings (SSSR count). The van der Waals surface area contributed by atoms with E-state index in [0.717, 1.165) is 0 Å². The molecule has 0 aromatic rings. The summed E-state index contributed by atoms with van der Waals surface area (Å²) in [6, 6.07) is -1.45. The zero-order valence-electron chi connectivity index (χ0n) is 17.3. The van der Waals surface area contributed by atoms with Gasteiger partial charge in [0.15, 0.2) is 6.29 Å². The summed E-state index contributed by atoms with van der Waals surface area (Å²) in [6.07, 6.45) is -10.8. The van der Waals surface area contributed by atoms with E-state index in [9.17, 15) is 34.8 Å². The van der Waals surface area contributed by atoms with Gasteiger partial charge in [-0.25, -0.2) is 4.79 Å². The summed E-state index contributed by atoms with van der Waals surface area (Å²) in [5, 5.41) is 46.4. The Morgan fingerprint density at radius 3 is 2.62 bits per heavy atom. The van der Waals surface area contributed by atoms with Gasteiger partial charge in [-0.15, -0.1) is 0 Å². The molecule has 0 radical (unpaired) electrons. The normalized spacial score (nSPS) is 39.6. The molecule has 3 amide bonds. The predicted molar refractivity (Wildman–Crippen MR) is 93.3 cm³/mol. The average molecular weight is 467 g/mol. The first-order valence-electron chi connectivity index (χ1n) is 9.47. The maximum Gasteiger partial charge on any atom is 1.00 e. The number of urea groups is 1. The van der Waals surface area contributed by atoms with Gasteiger partial charge in [0.1, 0.15) is 30.6 Å². The van der Waals surface area contributed by atoms with Gasteiger partial charge in [-0.3, -0.25) is 15.0 Å². The summed E-state index contributed by atoms with van der Waals surface area (Å²) in [4.78, 5) is 38.8. The van der Waals surface area contributed by atoms with E-state index in [2.05, 4.69) is 15.3 Å². The van der Waals surface area contributed by atoms with E-state index in [1.807, 2.05) is 0 Å². The van der Waals surface area contributed by atoms with Crippen LogP contribution in [-0.2, 0) is 23.8 Å². The van der Waals surface area contributed by atoms with E-state index < -0.39 is 72.9 Å². The Hall–Kier alpha value is -1.52. The number of hydrogen-bond acceptors (Lipinski definition) is 11. The molecule has 0 aliphatic carbocycles. The van der Waals surface area contributed by atoms with E-state index in [1.54, 1.807) is 6.92 Å². The largest absolute Gasteiger partial charge is 1.00 e. The van der Waals surface area contributed by atoms with Crippen molar-refractivity contribution < 1.29 is 78.6 Å². The number of hydrogen-bond donors (Lipinski definition) is 4. The third kappa shape index (κ3) is 5.51. The molecule has 172 valence electrons. The van der Waals surface area contributed by atoms with E-state index in [4.69, 9.17) is 19.7 Å². The Morgan fingerprint density at radius 1 is 1.31 bits per heavy atom. The zero-order valence-corrected chi connectivity index (χ0v) is 19.3. The van der Waals surface area contributed by atoms with Crippen LogP contribution in [0.5, 0.6) is 0 Å². The van der Waals surface area contributed by atoms with Crippen LogP contribution in [0.15, 0.2) is 5.11 Å². The molecule has 0 saturated carbocycles. The van der Waals surface area contributed by atoms with Crippen molar-refractivity contribution in [3.63, 3.8) is 0 Å². The predicted octanol–water partition coefficient (Wildman–Crippen LogP) is -6.45. The SMILES string of the molecule is CC1CN(C2CC(N=[N+]=[N-])C(COC3OC(C(=O)[O-])C(O)C(O)C3O)O2)C(=O)NC1=O.[Na+]. The third-order valence-corrected chi connectivity index (χ3v) is 5.39. The molecule has 3 saturated heterocycles. The van der Waals surface area contributed by atoms with Crippen LogP contribution in [0.4, 0.5) is 4.79 Å². The second-order valence-electron chi connectivity index (χ2n) is 7.53. The molecule has 3 aliphatic rings. The standard InChI is InChI=1S/C16H23N5O10.Na/c1-5-3-21(16(28)18-13(5)25)8-2-6(19-20-17)7(30-8)4-29-15-11(24)9(22)10(23)12(31-15)14(26)27;/h5-12,15,22-24H,2-4H2,1H3,(H,26,27)(H,18,25,28);/q;+1/p-1. The van der Waals surface area contributed by atoms with Crippen LogP contribution in [0.2, 0.25) is 0 Å². The fourth-order valence-electron chi connectivity index (χ4n) is 3.63. The van der Waals surface area contributed by atoms with Crippen LogP contribution in [0, 0.1) is 5.92 Å². The molecular formula is C16H22N5NaO10. The number of imide groups is 1. The number of carboxylic acids is 1. The summed E-state index contributed by atoms with van der Waals surface area (Å²) in [5.74, 6) is -2.71. The monoisotopic (exact) mass is 467 g/mol. The van der Waals surface area contributed by atoms with Crippen molar-refractivity contribution in [2.75, 3.05) is 13.2 Å². The van der Waals surface area contributed by atoms with Crippen LogP contribution in [0.3, 0.4) is 0 Å². The van der Waals surface area contributed by atoms with Crippen LogP contribution in [0.1, 0.15) is 13.3 Å². The van der Waals surface area contributed by atoms with Crippen LogP contribution in [-0.4, -0.2) is 100 Å². The van der Waals surface area contributed by atoms with Gasteiger partial charge in [0, 0.05) is 17.9 Å². The molecule has 9 unspecified atom stereocenters. The molecule has 3 heterocycles. The van der Waals surface area contributed by atoms with E-state index in [0.29, 0.717) is 0 Å². The number of nitrogens with zero attached hydrogens (tertiary/aromatic N) is 4. The summed E-state index contributed by atoms with van der Waals surface area (Å²) in [7, 11) is 0. The second kappa shape index (κ2) is 11.1. The smallest absolute Gasteiger partial charge is 0.547 e. The number of rotatable bonds is 6. The zero-order chi connectivity index (χ0) is 22.9. The molecule has 3 fully saturated rings. The summed E-state index contributed by atoms with van der Waals surface area (Å²) in [5.41, 5.74) is 8.82. The molecule has 9 atom stereocenters. The number of nitrogens with one attached hydrogen (secondary N) is 1. The first kappa shape index (κ1) is 26.7. The molecule has 15 nitrogen and oxygen atoms in total. The summed E-state index contributed by atoms with van der Waals surface area (Å²) in [6.45, 7) is 1.35. The maximum atomic E-state index is 12.1. The first-order valence-corrected chi connectivity index (χ1v) is 9.47. The molecule has 0 bridgehead atoms. The average Bonchev–Trinajstić information content (AvgIpc) is 3.11. The van der Waals surface area contributed by atoms with Gasteiger partial charge in [0.2, 0.25) is 5.91 Å². The van der Waals surface area contributed by atoms with Crippen molar-refractivity contribution in [2.45, 2.75) is 62.4 Å². The second-order valence-corrected chi connectivity index (χ2v) is 7.53. The van der Waals surface area contributed by atoms with Crippen molar-refractivity contribution in [1.82, 2.24) is 10.2 Å². The number of carbonyl (C=O) groups is 3. The molecular weight excluding hydrogens is 445 g/mol. The van der Waals surface area contributed by atoms with Crippen LogP contribution < -0.4 is 40.0 Å². The number of carbonyl (C=O) groups excluding carboxylic acids is 3. The van der Waals surface area contributed by atoms with Crippen LogP contribution >= 0.6 is 0 Å². The Kier molecular flexibility index (Phi) is 9.25. The van der Waals surface area contributed by atoms with Gasteiger partial charge in [0.25, 0.3) is 0 Å². The Bertz CT molecular complexity index is 782. The van der Waals surface area contributed by atoms with Crippen molar-refractivity contribution in [1.29, 1.82) is 0 Å². The number of ether oxygens (including phenoxy) is 3. The summed E-state index contributed by atoms with van der Waals surface area (Å²) < 4.78 is 16.1. The minimum absolute atomic E-state index is 0. The molecule has 4 N–H and O–H groups in total. The number of aliphatic hydroxyl groups is 3. The fourth-order valence-corrected chi connectivity index (χ4v) is 3.63. The number of aliphatic carboxylic acids is 1. The first-order chi connectivity index (χ1) is 14.6. The van der Waals surface area contributed by atoms with E-state index in [-0.39, 0.29) is 49.1 Å². The minimum Gasteiger partial charge on any atom is -0.547 e. The molecule has 0 aromatic carbocycles. The topological polar surface area (TPSA) is 227 Å². The van der Waals surface area contributed by atoms with Gasteiger partial charge < -0.3 is 39.4 Å². The van der Waals surface area contributed by atoms with Crippen molar-refractivity contribution in [3.8, 4) is 0 Å². The van der Waals surface area contributed by atoms with Gasteiger partial charge in [-0.2, -0.15) is 0 Å². The molecule has 0 aromatic heterocycles. The van der Waals surface area contributed by atoms with Gasteiger partial charge in [-0.1, -0.05) is 12.0 Å². The molecule has 3 aliphatic heterocycles. The van der Waals surface area contributed by atoms with Gasteiger partial charge in [0.05, 0.1) is 30.6 Å². The Morgan fingerprint density at radius 2 is 2.00 bits per heavy atom. The molecule has 32 heavy (non-hydrogen) atoms. The van der Waals surface area contributed by atoms with E-state index >= 15 is 0 Å². The number of amides is 3. The molecule has 16 heteroatoms. The Labute approximate surface area is 203 Å². The van der Waals surface area contributed by atoms with Crippen molar-refractivity contribution >= 4 is 17.9 Å². The van der Waals surface area contributed by atoms with Crippen molar-refractivity contribution in [2.24, 2.45) is 11.0 Å². The molecule has 0 spiro atoms. The minimum atomic E-state index is -1.94. The van der Waals surface area contributed by atoms with Crippen molar-refractivity contribution in [3.05, 3.63) is 10.4 Å². The quantitative estimate of drug-likeness (QED) is 0.125. The van der Waals surface area contributed by atoms with Crippen LogP contribution in [0.25, 0.3) is 10.4 Å².